The first-order valence-electron chi connectivity index (χ1n) is 9.04. The molecule has 2 amide bonds. The summed E-state index contributed by atoms with van der Waals surface area (Å²) >= 11 is 0. The fourth-order valence-corrected chi connectivity index (χ4v) is 2.94. The normalized spacial score (nSPS) is 16.2. The Bertz CT molecular complexity index is 723. The van der Waals surface area contributed by atoms with Crippen LogP contribution in [0, 0.1) is 0 Å². The van der Waals surface area contributed by atoms with Crippen LogP contribution in [0.1, 0.15) is 35.2 Å². The molecular weight excluding hydrogens is 328 g/mol. The maximum atomic E-state index is 12.1. The topological polar surface area (TPSA) is 67.4 Å². The second kappa shape index (κ2) is 9.15. The SMILES string of the molecule is O=C(CCc1ccccc1)Nc1ccc(C(=O)NC[C@H]2CCCO2)cc1. The summed E-state index contributed by atoms with van der Waals surface area (Å²) in [6.45, 7) is 1.32. The first-order valence-corrected chi connectivity index (χ1v) is 9.04. The molecule has 1 heterocycles. The predicted molar refractivity (Wildman–Crippen MR) is 101 cm³/mol. The predicted octanol–water partition coefficient (Wildman–Crippen LogP) is 3.17. The Labute approximate surface area is 153 Å². The van der Waals surface area contributed by atoms with Gasteiger partial charge in [-0.05, 0) is 49.1 Å². The van der Waals surface area contributed by atoms with E-state index in [4.69, 9.17) is 4.74 Å². The van der Waals surface area contributed by atoms with E-state index in [1.165, 1.54) is 0 Å². The first-order chi connectivity index (χ1) is 12.7. The van der Waals surface area contributed by atoms with Crippen LogP contribution in [0.15, 0.2) is 54.6 Å². The van der Waals surface area contributed by atoms with Gasteiger partial charge < -0.3 is 15.4 Å². The Morgan fingerprint density at radius 1 is 1.04 bits per heavy atom. The Kier molecular flexibility index (Phi) is 6.39. The molecule has 0 radical (unpaired) electrons. The molecule has 0 saturated carbocycles. The lowest BCUT2D eigenvalue weighted by Crippen LogP contribution is -2.31. The van der Waals surface area contributed by atoms with E-state index in [1.54, 1.807) is 24.3 Å². The van der Waals surface area contributed by atoms with Gasteiger partial charge in [-0.3, -0.25) is 9.59 Å². The van der Waals surface area contributed by atoms with Gasteiger partial charge in [0.1, 0.15) is 0 Å². The Balaban J connectivity index is 1.44. The molecule has 3 rings (SSSR count). The molecule has 1 fully saturated rings. The molecule has 1 aliphatic rings. The molecule has 5 heteroatoms. The van der Waals surface area contributed by atoms with Gasteiger partial charge >= 0.3 is 0 Å². The highest BCUT2D eigenvalue weighted by Gasteiger charge is 2.16. The number of nitrogens with one attached hydrogen (secondary N) is 2. The summed E-state index contributed by atoms with van der Waals surface area (Å²) in [4.78, 5) is 24.2. The van der Waals surface area contributed by atoms with E-state index < -0.39 is 0 Å². The molecular formula is C21H24N2O3. The van der Waals surface area contributed by atoms with Gasteiger partial charge in [-0.1, -0.05) is 30.3 Å². The van der Waals surface area contributed by atoms with Crippen molar-refractivity contribution in [3.05, 3.63) is 65.7 Å². The maximum absolute atomic E-state index is 12.1. The van der Waals surface area contributed by atoms with Crippen molar-refractivity contribution in [1.82, 2.24) is 5.32 Å². The van der Waals surface area contributed by atoms with Gasteiger partial charge in [-0.25, -0.2) is 0 Å². The minimum absolute atomic E-state index is 0.0376. The van der Waals surface area contributed by atoms with Gasteiger partial charge in [0.05, 0.1) is 6.10 Å². The van der Waals surface area contributed by atoms with Crippen LogP contribution < -0.4 is 10.6 Å². The molecule has 1 aliphatic heterocycles. The maximum Gasteiger partial charge on any atom is 0.251 e. The van der Waals surface area contributed by atoms with Crippen molar-refractivity contribution in [1.29, 1.82) is 0 Å². The van der Waals surface area contributed by atoms with E-state index in [0.717, 1.165) is 25.0 Å². The van der Waals surface area contributed by atoms with E-state index in [2.05, 4.69) is 10.6 Å². The third kappa shape index (κ3) is 5.43. The average Bonchev–Trinajstić information content (AvgIpc) is 3.19. The highest BCUT2D eigenvalue weighted by atomic mass is 16.5. The highest BCUT2D eigenvalue weighted by Crippen LogP contribution is 2.13. The van der Waals surface area contributed by atoms with Gasteiger partial charge in [0, 0.05) is 30.8 Å². The lowest BCUT2D eigenvalue weighted by atomic mass is 10.1. The molecule has 0 unspecified atom stereocenters. The van der Waals surface area contributed by atoms with Crippen LogP contribution >= 0.6 is 0 Å². The Hall–Kier alpha value is -2.66. The first kappa shape index (κ1) is 18.1. The third-order valence-electron chi connectivity index (χ3n) is 4.43. The zero-order chi connectivity index (χ0) is 18.2. The van der Waals surface area contributed by atoms with Gasteiger partial charge in [0.25, 0.3) is 5.91 Å². The van der Waals surface area contributed by atoms with Crippen LogP contribution in [0.4, 0.5) is 5.69 Å². The van der Waals surface area contributed by atoms with Gasteiger partial charge in [-0.15, -0.1) is 0 Å². The van der Waals surface area contributed by atoms with Gasteiger partial charge in [0.15, 0.2) is 0 Å². The van der Waals surface area contributed by atoms with Gasteiger partial charge in [0.2, 0.25) is 5.91 Å². The van der Waals surface area contributed by atoms with Crippen molar-refractivity contribution in [2.75, 3.05) is 18.5 Å². The van der Waals surface area contributed by atoms with Crippen LogP contribution in [0.5, 0.6) is 0 Å². The molecule has 2 aromatic carbocycles. The smallest absolute Gasteiger partial charge is 0.251 e. The standard InChI is InChI=1S/C21H24N2O3/c24-20(13-8-16-5-2-1-3-6-16)23-18-11-9-17(10-12-18)21(25)22-15-19-7-4-14-26-19/h1-3,5-6,9-12,19H,4,7-8,13-15H2,(H,22,25)(H,23,24)/t19-/m1/s1. The van der Waals surface area contributed by atoms with E-state index >= 15 is 0 Å². The molecule has 1 saturated heterocycles. The van der Waals surface area contributed by atoms with E-state index in [1.807, 2.05) is 30.3 Å². The number of benzene rings is 2. The number of amides is 2. The van der Waals surface area contributed by atoms with E-state index in [9.17, 15) is 9.59 Å². The summed E-state index contributed by atoms with van der Waals surface area (Å²) in [5.41, 5.74) is 2.41. The number of aryl methyl sites for hydroxylation is 1. The highest BCUT2D eigenvalue weighted by molar-refractivity contribution is 5.95. The largest absolute Gasteiger partial charge is 0.376 e. The molecule has 0 aliphatic carbocycles. The zero-order valence-corrected chi connectivity index (χ0v) is 14.7. The summed E-state index contributed by atoms with van der Waals surface area (Å²) in [6, 6.07) is 16.9. The van der Waals surface area contributed by atoms with Crippen molar-refractivity contribution in [2.24, 2.45) is 0 Å². The van der Waals surface area contributed by atoms with E-state index in [0.29, 0.717) is 30.6 Å². The molecule has 2 aromatic rings. The number of ether oxygens (including phenoxy) is 1. The lowest BCUT2D eigenvalue weighted by Gasteiger charge is -2.11. The molecule has 1 atom stereocenters. The van der Waals surface area contributed by atoms with Crippen molar-refractivity contribution in [2.45, 2.75) is 31.8 Å². The fourth-order valence-electron chi connectivity index (χ4n) is 2.94. The molecule has 0 bridgehead atoms. The minimum Gasteiger partial charge on any atom is -0.376 e. The molecule has 26 heavy (non-hydrogen) atoms. The molecule has 0 aromatic heterocycles. The molecule has 2 N–H and O–H groups in total. The van der Waals surface area contributed by atoms with Gasteiger partial charge in [-0.2, -0.15) is 0 Å². The minimum atomic E-state index is -0.123. The molecule has 0 spiro atoms. The Morgan fingerprint density at radius 3 is 2.50 bits per heavy atom. The number of rotatable bonds is 7. The van der Waals surface area contributed by atoms with Crippen molar-refractivity contribution in [3.63, 3.8) is 0 Å². The third-order valence-corrected chi connectivity index (χ3v) is 4.43. The Morgan fingerprint density at radius 2 is 1.81 bits per heavy atom. The van der Waals surface area contributed by atoms with Crippen LogP contribution in [0.2, 0.25) is 0 Å². The molecule has 5 nitrogen and oxygen atoms in total. The second-order valence-corrected chi connectivity index (χ2v) is 6.46. The number of carbonyl (C=O) groups excluding carboxylic acids is 2. The number of carbonyl (C=O) groups is 2. The fraction of sp³-hybridized carbons (Fsp3) is 0.333. The van der Waals surface area contributed by atoms with Crippen LogP contribution in [0.25, 0.3) is 0 Å². The number of hydrogen-bond donors (Lipinski definition) is 2. The summed E-state index contributed by atoms with van der Waals surface area (Å²) < 4.78 is 5.49. The molecule has 136 valence electrons. The summed E-state index contributed by atoms with van der Waals surface area (Å²) in [5.74, 6) is -0.160. The summed E-state index contributed by atoms with van der Waals surface area (Å²) in [6.07, 6.45) is 3.31. The quantitative estimate of drug-likeness (QED) is 0.804. The van der Waals surface area contributed by atoms with Crippen LogP contribution in [-0.4, -0.2) is 31.1 Å². The van der Waals surface area contributed by atoms with Crippen molar-refractivity contribution >= 4 is 17.5 Å². The zero-order valence-electron chi connectivity index (χ0n) is 14.7. The average molecular weight is 352 g/mol. The van der Waals surface area contributed by atoms with Crippen molar-refractivity contribution in [3.8, 4) is 0 Å². The summed E-state index contributed by atoms with van der Waals surface area (Å²) in [5, 5.41) is 5.75. The van der Waals surface area contributed by atoms with Crippen LogP contribution in [-0.2, 0) is 16.0 Å². The van der Waals surface area contributed by atoms with Crippen LogP contribution in [0.3, 0.4) is 0 Å². The second-order valence-electron chi connectivity index (χ2n) is 6.46. The lowest BCUT2D eigenvalue weighted by molar-refractivity contribution is -0.116. The summed E-state index contributed by atoms with van der Waals surface area (Å²) in [7, 11) is 0. The number of anilines is 1. The van der Waals surface area contributed by atoms with E-state index in [-0.39, 0.29) is 17.9 Å². The monoisotopic (exact) mass is 352 g/mol. The van der Waals surface area contributed by atoms with Crippen molar-refractivity contribution < 1.29 is 14.3 Å². The number of hydrogen-bond acceptors (Lipinski definition) is 3.